The van der Waals surface area contributed by atoms with Crippen LogP contribution < -0.4 is 14.9 Å². The number of ether oxygens (including phenoxy) is 2. The van der Waals surface area contributed by atoms with Gasteiger partial charge in [0.1, 0.15) is 40.2 Å². The van der Waals surface area contributed by atoms with Gasteiger partial charge in [-0.05, 0) is 23.8 Å². The number of para-hydroxylation sites is 1. The van der Waals surface area contributed by atoms with Crippen LogP contribution in [0.1, 0.15) is 23.5 Å². The highest BCUT2D eigenvalue weighted by molar-refractivity contribution is 5.94. The quantitative estimate of drug-likeness (QED) is 0.368. The van der Waals surface area contributed by atoms with Gasteiger partial charge in [0.15, 0.2) is 0 Å². The lowest BCUT2D eigenvalue weighted by atomic mass is 9.85. The molecule has 0 spiro atoms. The molecular weight excluding hydrogens is 412 g/mol. The van der Waals surface area contributed by atoms with Crippen LogP contribution in [0.25, 0.3) is 22.1 Å². The van der Waals surface area contributed by atoms with Crippen LogP contribution in [0, 0.1) is 0 Å². The summed E-state index contributed by atoms with van der Waals surface area (Å²) in [5, 5.41) is 20.6. The third kappa shape index (κ3) is 3.06. The number of methoxy groups -OCH3 is 1. The van der Waals surface area contributed by atoms with Crippen LogP contribution in [0.15, 0.2) is 70.1 Å². The van der Waals surface area contributed by atoms with E-state index in [2.05, 4.69) is 0 Å². The first kappa shape index (κ1) is 19.7. The summed E-state index contributed by atoms with van der Waals surface area (Å²) in [6, 6.07) is 14.8. The van der Waals surface area contributed by atoms with Crippen molar-refractivity contribution in [3.63, 3.8) is 0 Å². The van der Waals surface area contributed by atoms with E-state index in [1.54, 1.807) is 42.5 Å². The van der Waals surface area contributed by atoms with Gasteiger partial charge in [0.2, 0.25) is 5.43 Å². The van der Waals surface area contributed by atoms with Crippen LogP contribution in [0.4, 0.5) is 0 Å². The van der Waals surface area contributed by atoms with Gasteiger partial charge in [-0.2, -0.15) is 0 Å². The smallest absolute Gasteiger partial charge is 0.312 e. The Balaban J connectivity index is 1.80. The van der Waals surface area contributed by atoms with Crippen molar-refractivity contribution in [2.75, 3.05) is 7.11 Å². The Morgan fingerprint density at radius 3 is 2.59 bits per heavy atom. The number of phenolic OH excluding ortho intramolecular Hbond substituents is 2. The zero-order valence-electron chi connectivity index (χ0n) is 17.0. The van der Waals surface area contributed by atoms with Gasteiger partial charge >= 0.3 is 5.97 Å². The van der Waals surface area contributed by atoms with E-state index >= 15 is 0 Å². The fourth-order valence-electron chi connectivity index (χ4n) is 4.21. The van der Waals surface area contributed by atoms with Crippen molar-refractivity contribution in [3.8, 4) is 34.1 Å². The lowest BCUT2D eigenvalue weighted by Gasteiger charge is -2.26. The van der Waals surface area contributed by atoms with Gasteiger partial charge in [0.25, 0.3) is 0 Å². The van der Waals surface area contributed by atoms with Gasteiger partial charge in [-0.15, -0.1) is 0 Å². The van der Waals surface area contributed by atoms with E-state index in [9.17, 15) is 19.8 Å². The first-order valence-electron chi connectivity index (χ1n) is 9.92. The second-order valence-corrected chi connectivity index (χ2v) is 7.52. The number of hydrogen-bond acceptors (Lipinski definition) is 7. The molecule has 0 aliphatic carbocycles. The number of aromatic hydroxyl groups is 2. The molecule has 1 aromatic heterocycles. The molecule has 0 fully saturated rings. The molecule has 0 unspecified atom stereocenters. The minimum Gasteiger partial charge on any atom is -0.508 e. The van der Waals surface area contributed by atoms with Gasteiger partial charge in [0, 0.05) is 23.1 Å². The van der Waals surface area contributed by atoms with Crippen molar-refractivity contribution in [2.45, 2.75) is 12.3 Å². The number of hydrogen-bond donors (Lipinski definition) is 2. The van der Waals surface area contributed by atoms with Gasteiger partial charge in [0.05, 0.1) is 19.1 Å². The highest BCUT2D eigenvalue weighted by Gasteiger charge is 2.34. The van der Waals surface area contributed by atoms with Crippen molar-refractivity contribution < 1.29 is 28.9 Å². The number of phenols is 2. The van der Waals surface area contributed by atoms with Crippen molar-refractivity contribution in [2.24, 2.45) is 0 Å². The van der Waals surface area contributed by atoms with Gasteiger partial charge in [-0.1, -0.05) is 30.3 Å². The largest absolute Gasteiger partial charge is 0.508 e. The fraction of sp³-hybridized carbons (Fsp3) is 0.120. The second kappa shape index (κ2) is 7.46. The molecule has 0 saturated carbocycles. The van der Waals surface area contributed by atoms with Crippen LogP contribution in [0.5, 0.6) is 23.0 Å². The number of fused-ring (bicyclic) bond motifs is 3. The summed E-state index contributed by atoms with van der Waals surface area (Å²) in [6.07, 6.45) is 1.31. The molecule has 1 aliphatic heterocycles. The molecule has 0 bridgehead atoms. The molecule has 3 aromatic carbocycles. The first-order chi connectivity index (χ1) is 15.5. The summed E-state index contributed by atoms with van der Waals surface area (Å²) in [6.45, 7) is 0. The third-order valence-electron chi connectivity index (χ3n) is 5.64. The molecule has 2 heterocycles. The average molecular weight is 430 g/mol. The van der Waals surface area contributed by atoms with Gasteiger partial charge in [-0.3, -0.25) is 9.59 Å². The maximum absolute atomic E-state index is 13.4. The average Bonchev–Trinajstić information content (AvgIpc) is 2.78. The monoisotopic (exact) mass is 430 g/mol. The zero-order chi connectivity index (χ0) is 22.4. The minimum absolute atomic E-state index is 0.00566. The number of rotatable bonds is 3. The topological polar surface area (TPSA) is 106 Å². The molecule has 7 nitrogen and oxygen atoms in total. The maximum atomic E-state index is 13.4. The summed E-state index contributed by atoms with van der Waals surface area (Å²) in [7, 11) is 1.50. The van der Waals surface area contributed by atoms with E-state index in [1.165, 1.54) is 25.5 Å². The molecule has 4 aromatic rings. The standard InChI is InChI=1S/C25H18O7/c1-30-19-8-3-2-7-15(19)17-12-31-25-22-16(13-5-4-6-14(26)9-13)10-21(28)32-20(22)11-18(27)23(25)24(17)29/h2-9,11-12,16,26-27H,10H2,1H3/t16-/m1/s1. The second-order valence-electron chi connectivity index (χ2n) is 7.52. The molecule has 160 valence electrons. The Morgan fingerprint density at radius 2 is 1.81 bits per heavy atom. The molecule has 7 heteroatoms. The van der Waals surface area contributed by atoms with Gasteiger partial charge < -0.3 is 24.1 Å². The molecule has 0 amide bonds. The van der Waals surface area contributed by atoms with E-state index in [1.807, 2.05) is 0 Å². The molecule has 1 aliphatic rings. The summed E-state index contributed by atoms with van der Waals surface area (Å²) in [5.74, 6) is -0.713. The Morgan fingerprint density at radius 1 is 1.00 bits per heavy atom. The Bertz CT molecular complexity index is 1430. The number of esters is 1. The van der Waals surface area contributed by atoms with Crippen molar-refractivity contribution in [1.82, 2.24) is 0 Å². The first-order valence-corrected chi connectivity index (χ1v) is 9.92. The summed E-state index contributed by atoms with van der Waals surface area (Å²) < 4.78 is 16.6. The minimum atomic E-state index is -0.526. The number of carbonyl (C=O) groups excluding carboxylic acids is 1. The van der Waals surface area contributed by atoms with Crippen molar-refractivity contribution in [1.29, 1.82) is 0 Å². The van der Waals surface area contributed by atoms with Crippen LogP contribution in [-0.4, -0.2) is 23.3 Å². The third-order valence-corrected chi connectivity index (χ3v) is 5.64. The van der Waals surface area contributed by atoms with Crippen molar-refractivity contribution in [3.05, 3.63) is 82.2 Å². The molecule has 0 saturated heterocycles. The van der Waals surface area contributed by atoms with Crippen LogP contribution in [-0.2, 0) is 4.79 Å². The van der Waals surface area contributed by atoms with E-state index in [-0.39, 0.29) is 40.2 Å². The van der Waals surface area contributed by atoms with Gasteiger partial charge in [-0.25, -0.2) is 0 Å². The van der Waals surface area contributed by atoms with Crippen molar-refractivity contribution >= 4 is 16.9 Å². The van der Waals surface area contributed by atoms with Crippen LogP contribution >= 0.6 is 0 Å². The Hall–Kier alpha value is -4.26. The van der Waals surface area contributed by atoms with Crippen LogP contribution in [0.3, 0.4) is 0 Å². The summed E-state index contributed by atoms with van der Waals surface area (Å²) >= 11 is 0. The Kier molecular flexibility index (Phi) is 4.59. The molecule has 5 rings (SSSR count). The predicted octanol–water partition coefficient (Wildman–Crippen LogP) is 4.32. The summed E-state index contributed by atoms with van der Waals surface area (Å²) in [5.41, 5.74) is 1.57. The van der Waals surface area contributed by atoms with Crippen LogP contribution in [0.2, 0.25) is 0 Å². The van der Waals surface area contributed by atoms with E-state index < -0.39 is 17.3 Å². The lowest BCUT2D eigenvalue weighted by molar-refractivity contribution is -0.135. The molecule has 2 N–H and O–H groups in total. The molecule has 32 heavy (non-hydrogen) atoms. The zero-order valence-corrected chi connectivity index (χ0v) is 17.0. The Labute approximate surface area is 182 Å². The fourth-order valence-corrected chi connectivity index (χ4v) is 4.21. The highest BCUT2D eigenvalue weighted by Crippen LogP contribution is 2.46. The maximum Gasteiger partial charge on any atom is 0.312 e. The highest BCUT2D eigenvalue weighted by atomic mass is 16.5. The molecule has 0 radical (unpaired) electrons. The molecular formula is C25H18O7. The molecule has 1 atom stereocenters. The number of carbonyl (C=O) groups is 1. The van der Waals surface area contributed by atoms with E-state index in [0.717, 1.165) is 0 Å². The normalized spacial score (nSPS) is 15.3. The summed E-state index contributed by atoms with van der Waals surface area (Å²) in [4.78, 5) is 25.7. The van der Waals surface area contributed by atoms with E-state index in [4.69, 9.17) is 13.9 Å². The lowest BCUT2D eigenvalue weighted by Crippen LogP contribution is -2.22. The SMILES string of the molecule is COc1ccccc1-c1coc2c3c(cc(O)c2c1=O)OC(=O)C[C@@H]3c1cccc(O)c1. The number of benzene rings is 3. The predicted molar refractivity (Wildman–Crippen MR) is 116 cm³/mol. The van der Waals surface area contributed by atoms with E-state index in [0.29, 0.717) is 22.4 Å².